The molecule has 2 rings (SSSR count). The molecule has 0 aromatic heterocycles. The SMILES string of the molecule is Nc1cc(Cl)ccc1C(O)Cc1ccc(F)cc1Cl. The van der Waals surface area contributed by atoms with Crippen molar-refractivity contribution in [1.29, 1.82) is 0 Å². The Morgan fingerprint density at radius 2 is 1.89 bits per heavy atom. The highest BCUT2D eigenvalue weighted by Crippen LogP contribution is 2.28. The molecule has 0 saturated carbocycles. The van der Waals surface area contributed by atoms with Crippen LogP contribution >= 0.6 is 23.2 Å². The Balaban J connectivity index is 2.23. The van der Waals surface area contributed by atoms with Gasteiger partial charge in [-0.05, 0) is 29.8 Å². The monoisotopic (exact) mass is 299 g/mol. The van der Waals surface area contributed by atoms with Gasteiger partial charge >= 0.3 is 0 Å². The van der Waals surface area contributed by atoms with Crippen LogP contribution in [0.5, 0.6) is 0 Å². The van der Waals surface area contributed by atoms with Crippen molar-refractivity contribution in [2.45, 2.75) is 12.5 Å². The number of halogens is 3. The van der Waals surface area contributed by atoms with E-state index in [1.54, 1.807) is 24.3 Å². The highest BCUT2D eigenvalue weighted by atomic mass is 35.5. The van der Waals surface area contributed by atoms with Crippen molar-refractivity contribution in [3.63, 3.8) is 0 Å². The summed E-state index contributed by atoms with van der Waals surface area (Å²) in [6, 6.07) is 8.97. The second kappa shape index (κ2) is 5.78. The Labute approximate surface area is 120 Å². The Bertz CT molecular complexity index is 604. The molecule has 2 aromatic rings. The molecule has 100 valence electrons. The molecule has 0 radical (unpaired) electrons. The predicted molar refractivity (Wildman–Crippen MR) is 75.9 cm³/mol. The molecule has 0 aliphatic heterocycles. The van der Waals surface area contributed by atoms with Gasteiger partial charge in [0.1, 0.15) is 5.82 Å². The smallest absolute Gasteiger partial charge is 0.124 e. The number of aliphatic hydroxyl groups excluding tert-OH is 1. The van der Waals surface area contributed by atoms with E-state index in [-0.39, 0.29) is 11.4 Å². The van der Waals surface area contributed by atoms with Crippen LogP contribution in [0.25, 0.3) is 0 Å². The molecular formula is C14H12Cl2FNO. The fourth-order valence-corrected chi connectivity index (χ4v) is 2.28. The van der Waals surface area contributed by atoms with Crippen LogP contribution in [0.2, 0.25) is 10.0 Å². The quantitative estimate of drug-likeness (QED) is 0.842. The zero-order valence-electron chi connectivity index (χ0n) is 9.91. The zero-order valence-corrected chi connectivity index (χ0v) is 11.4. The Morgan fingerprint density at radius 3 is 2.53 bits per heavy atom. The molecular weight excluding hydrogens is 288 g/mol. The summed E-state index contributed by atoms with van der Waals surface area (Å²) in [4.78, 5) is 0. The van der Waals surface area contributed by atoms with Crippen LogP contribution in [0.4, 0.5) is 10.1 Å². The third kappa shape index (κ3) is 3.38. The zero-order chi connectivity index (χ0) is 14.0. The van der Waals surface area contributed by atoms with E-state index in [1.165, 1.54) is 12.1 Å². The summed E-state index contributed by atoms with van der Waals surface area (Å²) in [6.07, 6.45) is -0.564. The van der Waals surface area contributed by atoms with Gasteiger partial charge in [0.2, 0.25) is 0 Å². The Kier molecular flexibility index (Phi) is 4.30. The lowest BCUT2D eigenvalue weighted by molar-refractivity contribution is 0.179. The summed E-state index contributed by atoms with van der Waals surface area (Å²) in [5.41, 5.74) is 7.45. The van der Waals surface area contributed by atoms with E-state index >= 15 is 0 Å². The van der Waals surface area contributed by atoms with E-state index in [0.717, 1.165) is 0 Å². The van der Waals surface area contributed by atoms with Gasteiger partial charge in [-0.1, -0.05) is 35.3 Å². The Morgan fingerprint density at radius 1 is 1.16 bits per heavy atom. The summed E-state index contributed by atoms with van der Waals surface area (Å²) < 4.78 is 12.9. The fourth-order valence-electron chi connectivity index (χ4n) is 1.85. The normalized spacial score (nSPS) is 12.4. The number of nitrogen functional groups attached to an aromatic ring is 1. The maximum atomic E-state index is 12.9. The van der Waals surface area contributed by atoms with Crippen LogP contribution in [0.3, 0.4) is 0 Å². The first kappa shape index (κ1) is 14.1. The van der Waals surface area contributed by atoms with Gasteiger partial charge in [0.15, 0.2) is 0 Å². The number of benzene rings is 2. The summed E-state index contributed by atoms with van der Waals surface area (Å²) in [6.45, 7) is 0. The molecule has 0 aliphatic carbocycles. The number of rotatable bonds is 3. The van der Waals surface area contributed by atoms with Crippen LogP contribution in [0.15, 0.2) is 36.4 Å². The number of anilines is 1. The van der Waals surface area contributed by atoms with Gasteiger partial charge in [-0.3, -0.25) is 0 Å². The number of nitrogens with two attached hydrogens (primary N) is 1. The maximum Gasteiger partial charge on any atom is 0.124 e. The molecule has 19 heavy (non-hydrogen) atoms. The average Bonchev–Trinajstić information content (AvgIpc) is 2.32. The van der Waals surface area contributed by atoms with Crippen molar-refractivity contribution in [3.8, 4) is 0 Å². The lowest BCUT2D eigenvalue weighted by Gasteiger charge is -2.14. The first-order valence-electron chi connectivity index (χ1n) is 5.64. The van der Waals surface area contributed by atoms with Gasteiger partial charge in [-0.15, -0.1) is 0 Å². The fraction of sp³-hybridized carbons (Fsp3) is 0.143. The molecule has 1 atom stereocenters. The standard InChI is InChI=1S/C14H12Cl2FNO/c15-9-2-4-11(13(18)6-9)14(19)5-8-1-3-10(17)7-12(8)16/h1-4,6-7,14,19H,5,18H2. The first-order valence-corrected chi connectivity index (χ1v) is 6.40. The first-order chi connectivity index (χ1) is 8.97. The number of hydrogen-bond donors (Lipinski definition) is 2. The maximum absolute atomic E-state index is 12.9. The molecule has 0 spiro atoms. The van der Waals surface area contributed by atoms with Crippen molar-refractivity contribution in [1.82, 2.24) is 0 Å². The molecule has 0 bridgehead atoms. The van der Waals surface area contributed by atoms with Crippen molar-refractivity contribution < 1.29 is 9.50 Å². The van der Waals surface area contributed by atoms with Crippen molar-refractivity contribution in [2.75, 3.05) is 5.73 Å². The van der Waals surface area contributed by atoms with E-state index in [1.807, 2.05) is 0 Å². The highest BCUT2D eigenvalue weighted by Gasteiger charge is 2.14. The predicted octanol–water partition coefficient (Wildman–Crippen LogP) is 3.99. The van der Waals surface area contributed by atoms with E-state index < -0.39 is 11.9 Å². The second-order valence-electron chi connectivity index (χ2n) is 4.23. The summed E-state index contributed by atoms with van der Waals surface area (Å²) in [5, 5.41) is 11.0. The third-order valence-electron chi connectivity index (χ3n) is 2.84. The summed E-state index contributed by atoms with van der Waals surface area (Å²) in [7, 11) is 0. The van der Waals surface area contributed by atoms with Crippen LogP contribution < -0.4 is 5.73 Å². The topological polar surface area (TPSA) is 46.2 Å². The van der Waals surface area contributed by atoms with Crippen molar-refractivity contribution in [3.05, 3.63) is 63.4 Å². The largest absolute Gasteiger partial charge is 0.398 e. The Hall–Kier alpha value is -1.29. The molecule has 1 unspecified atom stereocenters. The van der Waals surface area contributed by atoms with Crippen molar-refractivity contribution in [2.24, 2.45) is 0 Å². The third-order valence-corrected chi connectivity index (χ3v) is 3.42. The highest BCUT2D eigenvalue weighted by molar-refractivity contribution is 6.31. The molecule has 2 nitrogen and oxygen atoms in total. The summed E-state index contributed by atoms with van der Waals surface area (Å²) >= 11 is 11.7. The number of aliphatic hydroxyl groups is 1. The molecule has 0 heterocycles. The van der Waals surface area contributed by atoms with Gasteiger partial charge in [0.05, 0.1) is 6.10 Å². The molecule has 3 N–H and O–H groups in total. The van der Waals surface area contributed by atoms with Gasteiger partial charge in [-0.25, -0.2) is 4.39 Å². The van der Waals surface area contributed by atoms with Gasteiger partial charge in [-0.2, -0.15) is 0 Å². The van der Waals surface area contributed by atoms with Gasteiger partial charge in [0.25, 0.3) is 0 Å². The van der Waals surface area contributed by atoms with Crippen LogP contribution in [-0.4, -0.2) is 5.11 Å². The van der Waals surface area contributed by atoms with Crippen LogP contribution in [0.1, 0.15) is 17.2 Å². The molecule has 0 amide bonds. The molecule has 2 aromatic carbocycles. The second-order valence-corrected chi connectivity index (χ2v) is 5.07. The van der Waals surface area contributed by atoms with Crippen LogP contribution in [-0.2, 0) is 6.42 Å². The lowest BCUT2D eigenvalue weighted by Crippen LogP contribution is -2.05. The van der Waals surface area contributed by atoms with E-state index in [2.05, 4.69) is 0 Å². The molecule has 0 aliphatic rings. The van der Waals surface area contributed by atoms with Gasteiger partial charge < -0.3 is 10.8 Å². The minimum atomic E-state index is -0.819. The average molecular weight is 300 g/mol. The minimum Gasteiger partial charge on any atom is -0.398 e. The molecule has 0 fully saturated rings. The molecule has 0 saturated heterocycles. The van der Waals surface area contributed by atoms with E-state index in [4.69, 9.17) is 28.9 Å². The summed E-state index contributed by atoms with van der Waals surface area (Å²) in [5.74, 6) is -0.408. The lowest BCUT2D eigenvalue weighted by atomic mass is 10.00. The van der Waals surface area contributed by atoms with Crippen LogP contribution in [0, 0.1) is 5.82 Å². The van der Waals surface area contributed by atoms with Gasteiger partial charge in [0, 0.05) is 27.7 Å². The van der Waals surface area contributed by atoms with E-state index in [9.17, 15) is 9.50 Å². The van der Waals surface area contributed by atoms with E-state index in [0.29, 0.717) is 21.8 Å². The minimum absolute atomic E-state index is 0.255. The number of hydrogen-bond acceptors (Lipinski definition) is 2. The molecule has 5 heteroatoms. The van der Waals surface area contributed by atoms with Crippen molar-refractivity contribution >= 4 is 28.9 Å².